The van der Waals surface area contributed by atoms with E-state index in [1.54, 1.807) is 30.9 Å². The van der Waals surface area contributed by atoms with E-state index in [1.165, 1.54) is 0 Å². The van der Waals surface area contributed by atoms with Crippen molar-refractivity contribution in [3.63, 3.8) is 0 Å². The van der Waals surface area contributed by atoms with Gasteiger partial charge in [-0.25, -0.2) is 13.4 Å². The van der Waals surface area contributed by atoms with Gasteiger partial charge in [0.1, 0.15) is 11.2 Å². The summed E-state index contributed by atoms with van der Waals surface area (Å²) in [4.78, 5) is 10.5. The summed E-state index contributed by atoms with van der Waals surface area (Å²) in [6.45, 7) is 5.26. The number of rotatable bonds is 6. The molecule has 2 rings (SSSR count). The lowest BCUT2D eigenvalue weighted by Gasteiger charge is -2.35. The quantitative estimate of drug-likeness (QED) is 0.849. The van der Waals surface area contributed by atoms with E-state index in [-0.39, 0.29) is 5.75 Å². The van der Waals surface area contributed by atoms with Gasteiger partial charge >= 0.3 is 0 Å². The molecule has 1 fully saturated rings. The number of hydrogen-bond acceptors (Lipinski definition) is 7. The normalized spacial score (nSPS) is 19.5. The van der Waals surface area contributed by atoms with Gasteiger partial charge in [-0.2, -0.15) is 16.7 Å². The number of nitrogens with one attached hydrogen (secondary N) is 1. The Kier molecular flexibility index (Phi) is 5.69. The molecule has 6 nitrogen and oxygen atoms in total. The van der Waals surface area contributed by atoms with Crippen LogP contribution in [0.15, 0.2) is 12.3 Å². The number of anilines is 2. The lowest BCUT2D eigenvalue weighted by atomic mass is 10.4. The molecule has 0 aromatic carbocycles. The second-order valence-electron chi connectivity index (χ2n) is 4.84. The number of thioether (sulfide) groups is 1. The standard InChI is InChI=1S/C13H22N4O2S2/c1-3-6-14-13-15-7-5-11(16-13)17-8-9-20-10-12(17)21(18,19)4-2/h5,7,12H,3-4,6,8-10H2,1-2H3,(H,14,15,16). The van der Waals surface area contributed by atoms with E-state index < -0.39 is 15.2 Å². The van der Waals surface area contributed by atoms with Gasteiger partial charge < -0.3 is 10.2 Å². The maximum Gasteiger partial charge on any atom is 0.224 e. The van der Waals surface area contributed by atoms with Crippen LogP contribution in [0.1, 0.15) is 20.3 Å². The first kappa shape index (κ1) is 16.4. The van der Waals surface area contributed by atoms with Crippen LogP contribution in [0.25, 0.3) is 0 Å². The van der Waals surface area contributed by atoms with Crippen molar-refractivity contribution in [3.8, 4) is 0 Å². The lowest BCUT2D eigenvalue weighted by Crippen LogP contribution is -2.48. The molecular formula is C13H22N4O2S2. The molecule has 1 unspecified atom stereocenters. The summed E-state index contributed by atoms with van der Waals surface area (Å²) in [5, 5.41) is 2.65. The van der Waals surface area contributed by atoms with Gasteiger partial charge in [0, 0.05) is 36.5 Å². The molecule has 1 aromatic rings. The SMILES string of the molecule is CCCNc1nccc(N2CCSCC2S(=O)(=O)CC)n1. The van der Waals surface area contributed by atoms with Crippen LogP contribution in [0.3, 0.4) is 0 Å². The van der Waals surface area contributed by atoms with Gasteiger partial charge in [-0.05, 0) is 12.5 Å². The highest BCUT2D eigenvalue weighted by Gasteiger charge is 2.33. The molecule has 8 heteroatoms. The van der Waals surface area contributed by atoms with Gasteiger partial charge in [-0.1, -0.05) is 13.8 Å². The van der Waals surface area contributed by atoms with E-state index in [0.717, 1.165) is 18.7 Å². The van der Waals surface area contributed by atoms with Gasteiger partial charge in [0.2, 0.25) is 5.95 Å². The Morgan fingerprint density at radius 2 is 2.29 bits per heavy atom. The maximum atomic E-state index is 12.3. The molecule has 1 aliphatic rings. The maximum absolute atomic E-state index is 12.3. The summed E-state index contributed by atoms with van der Waals surface area (Å²) in [5.41, 5.74) is 0. The van der Waals surface area contributed by atoms with Gasteiger partial charge in [0.05, 0.1) is 0 Å². The number of aromatic nitrogens is 2. The molecular weight excluding hydrogens is 308 g/mol. The molecule has 2 heterocycles. The summed E-state index contributed by atoms with van der Waals surface area (Å²) in [6, 6.07) is 1.78. The Morgan fingerprint density at radius 3 is 3.00 bits per heavy atom. The molecule has 1 N–H and O–H groups in total. The lowest BCUT2D eigenvalue weighted by molar-refractivity contribution is 0.579. The second-order valence-corrected chi connectivity index (χ2v) is 8.44. The predicted molar refractivity (Wildman–Crippen MR) is 88.7 cm³/mol. The summed E-state index contributed by atoms with van der Waals surface area (Å²) >= 11 is 1.68. The van der Waals surface area contributed by atoms with Gasteiger partial charge in [0.25, 0.3) is 0 Å². The minimum Gasteiger partial charge on any atom is -0.354 e. The van der Waals surface area contributed by atoms with Crippen LogP contribution < -0.4 is 10.2 Å². The molecule has 1 atom stereocenters. The molecule has 21 heavy (non-hydrogen) atoms. The zero-order chi connectivity index (χ0) is 15.3. The van der Waals surface area contributed by atoms with Crippen molar-refractivity contribution in [2.24, 2.45) is 0 Å². The van der Waals surface area contributed by atoms with Gasteiger partial charge in [0.15, 0.2) is 9.84 Å². The summed E-state index contributed by atoms with van der Waals surface area (Å²) in [6.07, 6.45) is 2.67. The summed E-state index contributed by atoms with van der Waals surface area (Å²) in [5.74, 6) is 2.90. The molecule has 118 valence electrons. The molecule has 1 saturated heterocycles. The third-order valence-corrected chi connectivity index (χ3v) is 6.66. The van der Waals surface area contributed by atoms with Crippen LogP contribution >= 0.6 is 11.8 Å². The van der Waals surface area contributed by atoms with E-state index in [2.05, 4.69) is 22.2 Å². The van der Waals surface area contributed by atoms with E-state index in [9.17, 15) is 8.42 Å². The van der Waals surface area contributed by atoms with Crippen molar-refractivity contribution < 1.29 is 8.42 Å². The highest BCUT2D eigenvalue weighted by atomic mass is 32.2. The fraction of sp³-hybridized carbons (Fsp3) is 0.692. The minimum atomic E-state index is -3.12. The summed E-state index contributed by atoms with van der Waals surface area (Å²) in [7, 11) is -3.12. The fourth-order valence-electron chi connectivity index (χ4n) is 2.16. The van der Waals surface area contributed by atoms with Crippen LogP contribution in [0.2, 0.25) is 0 Å². The van der Waals surface area contributed by atoms with E-state index in [0.29, 0.717) is 24.1 Å². The number of nitrogens with zero attached hydrogens (tertiary/aromatic N) is 3. The third-order valence-electron chi connectivity index (χ3n) is 3.37. The largest absolute Gasteiger partial charge is 0.354 e. The first-order chi connectivity index (χ1) is 10.1. The smallest absolute Gasteiger partial charge is 0.224 e. The molecule has 1 aromatic heterocycles. The third kappa shape index (κ3) is 4.00. The monoisotopic (exact) mass is 330 g/mol. The Hall–Kier alpha value is -1.02. The van der Waals surface area contributed by atoms with Crippen molar-refractivity contribution in [2.45, 2.75) is 25.6 Å². The molecule has 0 saturated carbocycles. The van der Waals surface area contributed by atoms with Crippen LogP contribution in [0.4, 0.5) is 11.8 Å². The van der Waals surface area contributed by atoms with Gasteiger partial charge in [-0.3, -0.25) is 0 Å². The second kappa shape index (κ2) is 7.31. The van der Waals surface area contributed by atoms with E-state index >= 15 is 0 Å². The predicted octanol–water partition coefficient (Wildman–Crippen LogP) is 1.61. The van der Waals surface area contributed by atoms with Crippen molar-refractivity contribution in [1.82, 2.24) is 9.97 Å². The molecule has 0 radical (unpaired) electrons. The zero-order valence-electron chi connectivity index (χ0n) is 12.4. The van der Waals surface area contributed by atoms with Gasteiger partial charge in [-0.15, -0.1) is 0 Å². The first-order valence-corrected chi connectivity index (χ1v) is 10.1. The van der Waals surface area contributed by atoms with Crippen molar-refractivity contribution in [2.75, 3.05) is 40.6 Å². The Balaban J connectivity index is 2.25. The van der Waals surface area contributed by atoms with Crippen LogP contribution in [0.5, 0.6) is 0 Å². The average molecular weight is 330 g/mol. The average Bonchev–Trinajstić information content (AvgIpc) is 2.53. The molecule has 0 amide bonds. The molecule has 0 spiro atoms. The van der Waals surface area contributed by atoms with Crippen LogP contribution in [0, 0.1) is 0 Å². The minimum absolute atomic E-state index is 0.154. The topological polar surface area (TPSA) is 75.2 Å². The zero-order valence-corrected chi connectivity index (χ0v) is 14.1. The van der Waals surface area contributed by atoms with Crippen molar-refractivity contribution in [3.05, 3.63) is 12.3 Å². The van der Waals surface area contributed by atoms with E-state index in [1.807, 2.05) is 4.90 Å². The highest BCUT2D eigenvalue weighted by Crippen LogP contribution is 2.26. The first-order valence-electron chi connectivity index (χ1n) is 7.21. The molecule has 0 bridgehead atoms. The molecule has 0 aliphatic carbocycles. The van der Waals surface area contributed by atoms with Crippen LogP contribution in [-0.4, -0.2) is 54.1 Å². The number of sulfone groups is 1. The Morgan fingerprint density at radius 1 is 1.48 bits per heavy atom. The van der Waals surface area contributed by atoms with Crippen molar-refractivity contribution in [1.29, 1.82) is 0 Å². The Bertz CT molecular complexity index is 565. The fourth-order valence-corrected chi connectivity index (χ4v) is 5.14. The Labute approximate surface area is 130 Å². The molecule has 1 aliphatic heterocycles. The van der Waals surface area contributed by atoms with Crippen molar-refractivity contribution >= 4 is 33.4 Å². The highest BCUT2D eigenvalue weighted by molar-refractivity contribution is 8.01. The number of hydrogen-bond donors (Lipinski definition) is 1. The van der Waals surface area contributed by atoms with E-state index in [4.69, 9.17) is 0 Å². The summed E-state index contributed by atoms with van der Waals surface area (Å²) < 4.78 is 24.6. The van der Waals surface area contributed by atoms with Crippen LogP contribution in [-0.2, 0) is 9.84 Å².